The van der Waals surface area contributed by atoms with E-state index >= 15 is 0 Å². The first kappa shape index (κ1) is 22.0. The smallest absolute Gasteiger partial charge is 0.337 e. The highest BCUT2D eigenvalue weighted by atomic mass is 32.2. The largest absolute Gasteiger partial charge is 0.481 e. The van der Waals surface area contributed by atoms with Crippen molar-refractivity contribution in [1.29, 1.82) is 0 Å². The number of rotatable bonds is 9. The molecule has 1 unspecified atom stereocenters. The predicted molar refractivity (Wildman–Crippen MR) is 99.4 cm³/mol. The van der Waals surface area contributed by atoms with Crippen molar-refractivity contribution in [3.05, 3.63) is 29.8 Å². The van der Waals surface area contributed by atoms with E-state index in [1.165, 1.54) is 18.9 Å². The molecule has 0 radical (unpaired) electrons. The highest BCUT2D eigenvalue weighted by molar-refractivity contribution is 8.00. The molecular formula is C19H26O6S. The molecule has 1 N–H and O–H groups in total. The summed E-state index contributed by atoms with van der Waals surface area (Å²) in [7, 11) is 1.32. The Labute approximate surface area is 158 Å². The fraction of sp³-hybridized carbons (Fsp3) is 0.526. The standard InChI is InChI=1S/C19H26O6S/c1-19(2,3)25-18(23)15(7-5-6-8-16(20)21)26-14-11-9-13(10-12-14)17(22)24-4/h9-12,15H,5-8H2,1-4H3,(H,20,21). The molecule has 0 saturated heterocycles. The highest BCUT2D eigenvalue weighted by Crippen LogP contribution is 2.29. The van der Waals surface area contributed by atoms with Crippen molar-refractivity contribution in [3.8, 4) is 0 Å². The topological polar surface area (TPSA) is 89.9 Å². The highest BCUT2D eigenvalue weighted by Gasteiger charge is 2.26. The number of ether oxygens (including phenoxy) is 2. The summed E-state index contributed by atoms with van der Waals surface area (Å²) in [6.07, 6.45) is 1.73. The molecule has 0 aromatic heterocycles. The lowest BCUT2D eigenvalue weighted by Gasteiger charge is -2.23. The van der Waals surface area contributed by atoms with E-state index < -0.39 is 22.8 Å². The van der Waals surface area contributed by atoms with E-state index in [-0.39, 0.29) is 12.4 Å². The molecule has 1 atom stereocenters. The van der Waals surface area contributed by atoms with Crippen molar-refractivity contribution in [2.24, 2.45) is 0 Å². The second-order valence-corrected chi connectivity index (χ2v) is 8.07. The van der Waals surface area contributed by atoms with Gasteiger partial charge in [-0.15, -0.1) is 11.8 Å². The molecule has 0 aliphatic carbocycles. The van der Waals surface area contributed by atoms with Gasteiger partial charge in [-0.05, 0) is 57.9 Å². The SMILES string of the molecule is COC(=O)c1ccc(SC(CCCCC(=O)O)C(=O)OC(C)(C)C)cc1. The minimum Gasteiger partial charge on any atom is -0.481 e. The van der Waals surface area contributed by atoms with Crippen LogP contribution in [-0.2, 0) is 19.1 Å². The maximum Gasteiger partial charge on any atom is 0.337 e. The van der Waals surface area contributed by atoms with Crippen molar-refractivity contribution in [3.63, 3.8) is 0 Å². The number of hydrogen-bond acceptors (Lipinski definition) is 6. The van der Waals surface area contributed by atoms with Crippen molar-refractivity contribution in [1.82, 2.24) is 0 Å². The zero-order chi connectivity index (χ0) is 19.7. The van der Waals surface area contributed by atoms with Crippen LogP contribution >= 0.6 is 11.8 Å². The van der Waals surface area contributed by atoms with E-state index in [1.54, 1.807) is 24.3 Å². The molecule has 0 saturated carbocycles. The van der Waals surface area contributed by atoms with Crippen LogP contribution in [0.15, 0.2) is 29.2 Å². The van der Waals surface area contributed by atoms with Gasteiger partial charge < -0.3 is 14.6 Å². The molecule has 144 valence electrons. The summed E-state index contributed by atoms with van der Waals surface area (Å²) >= 11 is 1.35. The Balaban J connectivity index is 2.78. The zero-order valence-corrected chi connectivity index (χ0v) is 16.4. The van der Waals surface area contributed by atoms with Crippen LogP contribution in [-0.4, -0.2) is 41.0 Å². The molecule has 0 bridgehead atoms. The summed E-state index contributed by atoms with van der Waals surface area (Å²) in [4.78, 5) is 35.4. The monoisotopic (exact) mass is 382 g/mol. The van der Waals surface area contributed by atoms with Crippen LogP contribution in [0.2, 0.25) is 0 Å². The van der Waals surface area contributed by atoms with Crippen LogP contribution in [0.1, 0.15) is 56.8 Å². The van der Waals surface area contributed by atoms with Crippen molar-refractivity contribution in [2.45, 2.75) is 62.2 Å². The maximum atomic E-state index is 12.5. The molecular weight excluding hydrogens is 356 g/mol. The molecule has 0 fully saturated rings. The van der Waals surface area contributed by atoms with E-state index in [0.29, 0.717) is 24.8 Å². The number of thioether (sulfide) groups is 1. The third-order valence-electron chi connectivity index (χ3n) is 3.33. The lowest BCUT2D eigenvalue weighted by atomic mass is 10.1. The molecule has 7 heteroatoms. The van der Waals surface area contributed by atoms with E-state index in [1.807, 2.05) is 20.8 Å². The fourth-order valence-electron chi connectivity index (χ4n) is 2.15. The Morgan fingerprint density at radius 1 is 1.12 bits per heavy atom. The number of unbranched alkanes of at least 4 members (excludes halogenated alkanes) is 1. The minimum atomic E-state index is -0.843. The van der Waals surface area contributed by atoms with E-state index in [2.05, 4.69) is 4.74 Å². The number of carboxylic acids is 1. The molecule has 0 aliphatic heterocycles. The van der Waals surface area contributed by atoms with Crippen LogP contribution in [0.25, 0.3) is 0 Å². The van der Waals surface area contributed by atoms with E-state index in [0.717, 1.165) is 4.90 Å². The molecule has 1 aromatic carbocycles. The first-order chi connectivity index (χ1) is 12.1. The Kier molecular flexibility index (Phi) is 8.65. The third kappa shape index (κ3) is 8.38. The quantitative estimate of drug-likeness (QED) is 0.393. The van der Waals surface area contributed by atoms with Crippen LogP contribution in [0, 0.1) is 0 Å². The Bertz CT molecular complexity index is 618. The molecule has 0 aliphatic rings. The second-order valence-electron chi connectivity index (χ2n) is 6.80. The lowest BCUT2D eigenvalue weighted by molar-refractivity contribution is -0.154. The van der Waals surface area contributed by atoms with Gasteiger partial charge in [0.2, 0.25) is 0 Å². The van der Waals surface area contributed by atoms with Gasteiger partial charge in [-0.1, -0.05) is 6.42 Å². The van der Waals surface area contributed by atoms with Gasteiger partial charge in [0.15, 0.2) is 0 Å². The third-order valence-corrected chi connectivity index (χ3v) is 4.59. The summed E-state index contributed by atoms with van der Waals surface area (Å²) in [5.74, 6) is -1.58. The lowest BCUT2D eigenvalue weighted by Crippen LogP contribution is -2.30. The average molecular weight is 382 g/mol. The number of carbonyl (C=O) groups excluding carboxylic acids is 2. The number of hydrogen-bond donors (Lipinski definition) is 1. The second kappa shape index (κ2) is 10.2. The van der Waals surface area contributed by atoms with Gasteiger partial charge in [-0.2, -0.15) is 0 Å². The van der Waals surface area contributed by atoms with Gasteiger partial charge in [0, 0.05) is 11.3 Å². The van der Waals surface area contributed by atoms with Gasteiger partial charge in [-0.3, -0.25) is 9.59 Å². The molecule has 0 spiro atoms. The number of esters is 2. The molecule has 1 rings (SSSR count). The summed E-state index contributed by atoms with van der Waals surface area (Å²) in [5, 5.41) is 8.29. The number of carbonyl (C=O) groups is 3. The number of methoxy groups -OCH3 is 1. The van der Waals surface area contributed by atoms with Crippen molar-refractivity contribution < 1.29 is 29.0 Å². The van der Waals surface area contributed by atoms with Gasteiger partial charge in [0.1, 0.15) is 10.9 Å². The summed E-state index contributed by atoms with van der Waals surface area (Å²) in [6, 6.07) is 6.80. The zero-order valence-electron chi connectivity index (χ0n) is 15.6. The van der Waals surface area contributed by atoms with Gasteiger partial charge in [0.05, 0.1) is 12.7 Å². The van der Waals surface area contributed by atoms with Crippen LogP contribution in [0.4, 0.5) is 0 Å². The van der Waals surface area contributed by atoms with Crippen LogP contribution < -0.4 is 0 Å². The average Bonchev–Trinajstić information content (AvgIpc) is 2.55. The number of aliphatic carboxylic acids is 1. The van der Waals surface area contributed by atoms with Crippen LogP contribution in [0.5, 0.6) is 0 Å². The first-order valence-electron chi connectivity index (χ1n) is 8.42. The molecule has 0 amide bonds. The predicted octanol–water partition coefficient (Wildman–Crippen LogP) is 3.92. The molecule has 1 aromatic rings. The molecule has 0 heterocycles. The van der Waals surface area contributed by atoms with Crippen molar-refractivity contribution in [2.75, 3.05) is 7.11 Å². The first-order valence-corrected chi connectivity index (χ1v) is 9.30. The van der Waals surface area contributed by atoms with Gasteiger partial charge >= 0.3 is 17.9 Å². The minimum absolute atomic E-state index is 0.0829. The summed E-state index contributed by atoms with van der Waals surface area (Å²) < 4.78 is 10.1. The summed E-state index contributed by atoms with van der Waals surface area (Å²) in [5.41, 5.74) is -0.154. The Morgan fingerprint density at radius 3 is 2.23 bits per heavy atom. The number of carboxylic acid groups (broad SMARTS) is 1. The van der Waals surface area contributed by atoms with Gasteiger partial charge in [-0.25, -0.2) is 4.79 Å². The maximum absolute atomic E-state index is 12.5. The molecule has 26 heavy (non-hydrogen) atoms. The summed E-state index contributed by atoms with van der Waals surface area (Å²) in [6.45, 7) is 5.42. The number of benzene rings is 1. The fourth-order valence-corrected chi connectivity index (χ4v) is 3.20. The van der Waals surface area contributed by atoms with Crippen molar-refractivity contribution >= 4 is 29.7 Å². The normalized spacial score (nSPS) is 12.3. The van der Waals surface area contributed by atoms with E-state index in [9.17, 15) is 14.4 Å². The Hall–Kier alpha value is -2.02. The molecule has 6 nitrogen and oxygen atoms in total. The Morgan fingerprint density at radius 2 is 1.73 bits per heavy atom. The van der Waals surface area contributed by atoms with Gasteiger partial charge in [0.25, 0.3) is 0 Å². The van der Waals surface area contributed by atoms with E-state index in [4.69, 9.17) is 9.84 Å². The van der Waals surface area contributed by atoms with Crippen LogP contribution in [0.3, 0.4) is 0 Å².